The van der Waals surface area contributed by atoms with Crippen molar-refractivity contribution in [3.05, 3.63) is 93.4 Å². The molecule has 10 heteroatoms. The molecular formula is C23H18F3N3O3S. The quantitative estimate of drug-likeness (QED) is 0.534. The van der Waals surface area contributed by atoms with Gasteiger partial charge in [0.2, 0.25) is 5.91 Å². The zero-order valence-electron chi connectivity index (χ0n) is 17.3. The van der Waals surface area contributed by atoms with Gasteiger partial charge in [0.05, 0.1) is 6.04 Å². The van der Waals surface area contributed by atoms with Gasteiger partial charge in [0, 0.05) is 10.4 Å². The van der Waals surface area contributed by atoms with Gasteiger partial charge in [0.15, 0.2) is 0 Å². The lowest BCUT2D eigenvalue weighted by Gasteiger charge is -2.23. The molecule has 0 aliphatic carbocycles. The largest absolute Gasteiger partial charge is 0.343 e. The number of nitrogens with one attached hydrogen (secondary N) is 2. The molecule has 0 radical (unpaired) electrons. The minimum absolute atomic E-state index is 0.341. The molecule has 2 unspecified atom stereocenters. The molecule has 0 bridgehead atoms. The Hall–Kier alpha value is -3.66. The van der Waals surface area contributed by atoms with Crippen LogP contribution in [-0.4, -0.2) is 29.3 Å². The number of imide groups is 1. The molecule has 1 saturated heterocycles. The molecule has 3 aromatic rings. The molecule has 2 heterocycles. The molecule has 4 amide bonds. The van der Waals surface area contributed by atoms with Crippen molar-refractivity contribution in [3.8, 4) is 0 Å². The van der Waals surface area contributed by atoms with Gasteiger partial charge in [-0.1, -0.05) is 18.2 Å². The van der Waals surface area contributed by atoms with Gasteiger partial charge in [0.25, 0.3) is 5.91 Å². The van der Waals surface area contributed by atoms with Gasteiger partial charge in [0.1, 0.15) is 29.5 Å². The number of halogens is 3. The molecule has 6 nitrogen and oxygen atoms in total. The Morgan fingerprint density at radius 1 is 1.09 bits per heavy atom. The number of nitrogens with zero attached hydrogens (tertiary/aromatic N) is 1. The Balaban J connectivity index is 1.55. The second-order valence-corrected chi connectivity index (χ2v) is 8.62. The Morgan fingerprint density at radius 3 is 2.45 bits per heavy atom. The summed E-state index contributed by atoms with van der Waals surface area (Å²) in [7, 11) is 0. The summed E-state index contributed by atoms with van der Waals surface area (Å²) in [5.74, 6) is -3.62. The molecule has 33 heavy (non-hydrogen) atoms. The number of urea groups is 1. The van der Waals surface area contributed by atoms with Crippen LogP contribution in [0.15, 0.2) is 60.0 Å². The van der Waals surface area contributed by atoms with E-state index in [4.69, 9.17) is 0 Å². The van der Waals surface area contributed by atoms with Gasteiger partial charge in [-0.25, -0.2) is 18.0 Å². The molecule has 4 rings (SSSR count). The number of benzene rings is 2. The van der Waals surface area contributed by atoms with Crippen LogP contribution in [0, 0.1) is 17.5 Å². The van der Waals surface area contributed by atoms with Crippen LogP contribution in [0.3, 0.4) is 0 Å². The smallest absolute Gasteiger partial charge is 0.325 e. The summed E-state index contributed by atoms with van der Waals surface area (Å²) < 4.78 is 41.3. The Morgan fingerprint density at radius 2 is 1.79 bits per heavy atom. The second-order valence-electron chi connectivity index (χ2n) is 7.64. The van der Waals surface area contributed by atoms with E-state index >= 15 is 0 Å². The number of amides is 4. The summed E-state index contributed by atoms with van der Waals surface area (Å²) in [6.45, 7) is 0.607. The van der Waals surface area contributed by atoms with Crippen LogP contribution in [0.25, 0.3) is 0 Å². The van der Waals surface area contributed by atoms with Crippen molar-refractivity contribution in [2.75, 3.05) is 6.54 Å². The van der Waals surface area contributed by atoms with Crippen LogP contribution in [0.1, 0.15) is 29.0 Å². The van der Waals surface area contributed by atoms with Crippen molar-refractivity contribution >= 4 is 29.2 Å². The lowest BCUT2D eigenvalue weighted by molar-refractivity contribution is -0.135. The van der Waals surface area contributed by atoms with Crippen molar-refractivity contribution < 1.29 is 27.6 Å². The van der Waals surface area contributed by atoms with Crippen molar-refractivity contribution in [1.29, 1.82) is 0 Å². The molecule has 170 valence electrons. The van der Waals surface area contributed by atoms with E-state index in [1.807, 2.05) is 5.38 Å². The first-order chi connectivity index (χ1) is 15.7. The normalized spacial score (nSPS) is 18.8. The highest BCUT2D eigenvalue weighted by atomic mass is 32.1. The van der Waals surface area contributed by atoms with E-state index in [1.165, 1.54) is 42.5 Å². The maximum atomic E-state index is 14.3. The van der Waals surface area contributed by atoms with Gasteiger partial charge >= 0.3 is 6.03 Å². The number of hydrogen-bond acceptors (Lipinski definition) is 4. The fourth-order valence-electron chi connectivity index (χ4n) is 3.68. The Labute approximate surface area is 191 Å². The van der Waals surface area contributed by atoms with E-state index in [-0.39, 0.29) is 5.56 Å². The number of hydrogen-bond donors (Lipinski definition) is 2. The minimum atomic E-state index is -1.87. The Bertz CT molecular complexity index is 1220. The molecule has 1 aliphatic rings. The summed E-state index contributed by atoms with van der Waals surface area (Å²) >= 11 is 1.37. The third kappa shape index (κ3) is 4.34. The lowest BCUT2D eigenvalue weighted by atomic mass is 9.91. The van der Waals surface area contributed by atoms with E-state index < -0.39 is 53.4 Å². The molecule has 0 spiro atoms. The molecule has 2 aromatic carbocycles. The topological polar surface area (TPSA) is 78.5 Å². The average Bonchev–Trinajstić information content (AvgIpc) is 3.38. The molecule has 1 fully saturated rings. The minimum Gasteiger partial charge on any atom is -0.343 e. The van der Waals surface area contributed by atoms with Crippen molar-refractivity contribution in [2.45, 2.75) is 18.5 Å². The zero-order valence-corrected chi connectivity index (χ0v) is 18.1. The summed E-state index contributed by atoms with van der Waals surface area (Å²) in [6, 6.07) is 10.2. The highest BCUT2D eigenvalue weighted by molar-refractivity contribution is 7.10. The molecule has 2 N–H and O–H groups in total. The first-order valence-electron chi connectivity index (χ1n) is 9.87. The molecule has 1 aliphatic heterocycles. The van der Waals surface area contributed by atoms with E-state index in [0.29, 0.717) is 10.5 Å². The van der Waals surface area contributed by atoms with Gasteiger partial charge in [-0.15, -0.1) is 11.3 Å². The highest BCUT2D eigenvalue weighted by Crippen LogP contribution is 2.31. The van der Waals surface area contributed by atoms with Crippen LogP contribution in [0.2, 0.25) is 0 Å². The summed E-state index contributed by atoms with van der Waals surface area (Å²) in [5, 5.41) is 6.92. The maximum Gasteiger partial charge on any atom is 0.325 e. The fraction of sp³-hybridized carbons (Fsp3) is 0.174. The highest BCUT2D eigenvalue weighted by Gasteiger charge is 2.51. The number of thiophene rings is 1. The van der Waals surface area contributed by atoms with Crippen LogP contribution < -0.4 is 10.6 Å². The molecule has 0 saturated carbocycles. The summed E-state index contributed by atoms with van der Waals surface area (Å²) in [5.41, 5.74) is -1.60. The van der Waals surface area contributed by atoms with Crippen LogP contribution in [0.5, 0.6) is 0 Å². The van der Waals surface area contributed by atoms with Crippen molar-refractivity contribution in [1.82, 2.24) is 15.5 Å². The van der Waals surface area contributed by atoms with E-state index in [9.17, 15) is 27.6 Å². The van der Waals surface area contributed by atoms with E-state index in [1.54, 1.807) is 12.1 Å². The summed E-state index contributed by atoms with van der Waals surface area (Å²) in [4.78, 5) is 39.7. The number of carbonyl (C=O) groups excluding carboxylic acids is 3. The number of carbonyl (C=O) groups is 3. The summed E-state index contributed by atoms with van der Waals surface area (Å²) in [6.07, 6.45) is 0. The third-order valence-electron chi connectivity index (χ3n) is 5.38. The SMILES string of the molecule is CC1(c2cc(F)ccc2F)NC(=O)N(CC(=O)NC(c2ccc(F)cc2)c2cccs2)C1=O. The predicted molar refractivity (Wildman–Crippen MR) is 115 cm³/mol. The van der Waals surface area contributed by atoms with Crippen LogP contribution >= 0.6 is 11.3 Å². The van der Waals surface area contributed by atoms with Crippen LogP contribution in [0.4, 0.5) is 18.0 Å². The molecular weight excluding hydrogens is 455 g/mol. The first-order valence-corrected chi connectivity index (χ1v) is 10.7. The fourth-order valence-corrected chi connectivity index (χ4v) is 4.49. The van der Waals surface area contributed by atoms with Crippen LogP contribution in [-0.2, 0) is 15.1 Å². The van der Waals surface area contributed by atoms with E-state index in [2.05, 4.69) is 10.6 Å². The first kappa shape index (κ1) is 22.5. The average molecular weight is 473 g/mol. The molecule has 1 aromatic heterocycles. The Kier molecular flexibility index (Phi) is 5.94. The number of rotatable bonds is 6. The zero-order chi connectivity index (χ0) is 23.8. The second kappa shape index (κ2) is 8.70. The van der Waals surface area contributed by atoms with Gasteiger partial charge in [-0.05, 0) is 54.3 Å². The standard InChI is InChI=1S/C23H18F3N3O3S/c1-23(16-11-15(25)8-9-17(16)26)21(31)29(22(32)28-23)12-19(30)27-20(18-3-2-10-33-18)13-4-6-14(24)7-5-13/h2-11,20H,12H2,1H3,(H,27,30)(H,28,32). The van der Waals surface area contributed by atoms with Crippen molar-refractivity contribution in [3.63, 3.8) is 0 Å². The third-order valence-corrected chi connectivity index (χ3v) is 6.32. The molecule has 2 atom stereocenters. The predicted octanol–water partition coefficient (Wildman–Crippen LogP) is 3.84. The van der Waals surface area contributed by atoms with E-state index in [0.717, 1.165) is 23.1 Å². The van der Waals surface area contributed by atoms with Gasteiger partial charge in [-0.3, -0.25) is 14.5 Å². The lowest BCUT2D eigenvalue weighted by Crippen LogP contribution is -2.44. The monoisotopic (exact) mass is 473 g/mol. The maximum absolute atomic E-state index is 14.3. The van der Waals surface area contributed by atoms with Crippen molar-refractivity contribution in [2.24, 2.45) is 0 Å². The van der Waals surface area contributed by atoms with Gasteiger partial charge < -0.3 is 10.6 Å². The van der Waals surface area contributed by atoms with Gasteiger partial charge in [-0.2, -0.15) is 0 Å².